The fraction of sp³-hybridized carbons (Fsp3) is 0.150. The molecule has 0 unspecified atom stereocenters. The molecule has 4 aromatic rings. The topological polar surface area (TPSA) is 86.7 Å². The van der Waals surface area contributed by atoms with Crippen molar-refractivity contribution >= 4 is 17.0 Å². The third kappa shape index (κ3) is 3.64. The third-order valence-electron chi connectivity index (χ3n) is 4.13. The Balaban J connectivity index is 1.34. The second-order valence-electron chi connectivity index (χ2n) is 6.04. The predicted octanol–water partition coefficient (Wildman–Crippen LogP) is 3.77. The summed E-state index contributed by atoms with van der Waals surface area (Å²) in [7, 11) is 0. The summed E-state index contributed by atoms with van der Waals surface area (Å²) in [4.78, 5) is 16.7. The van der Waals surface area contributed by atoms with Gasteiger partial charge in [-0.3, -0.25) is 0 Å². The average molecular weight is 345 g/mol. The molecule has 0 atom stereocenters. The monoisotopic (exact) mass is 345 g/mol. The summed E-state index contributed by atoms with van der Waals surface area (Å²) >= 11 is 0. The number of aromatic hydroxyl groups is 1. The minimum Gasteiger partial charge on any atom is -0.508 e. The Hall–Kier alpha value is -3.41. The molecule has 4 rings (SSSR count). The van der Waals surface area contributed by atoms with Crippen molar-refractivity contribution in [2.75, 3.05) is 11.9 Å². The van der Waals surface area contributed by atoms with Crippen LogP contribution in [0.4, 0.5) is 5.95 Å². The number of fused-ring (bicyclic) bond motifs is 1. The lowest BCUT2D eigenvalue weighted by molar-refractivity contribution is 0.475. The fourth-order valence-corrected chi connectivity index (χ4v) is 2.82. The highest BCUT2D eigenvalue weighted by atomic mass is 16.3. The largest absolute Gasteiger partial charge is 0.508 e. The Morgan fingerprint density at radius 2 is 1.81 bits per heavy atom. The van der Waals surface area contributed by atoms with Crippen LogP contribution in [0.3, 0.4) is 0 Å². The Bertz CT molecular complexity index is 977. The van der Waals surface area contributed by atoms with E-state index in [1.165, 1.54) is 0 Å². The van der Waals surface area contributed by atoms with Crippen LogP contribution in [0, 0.1) is 0 Å². The van der Waals surface area contributed by atoms with E-state index >= 15 is 0 Å². The smallest absolute Gasteiger partial charge is 0.223 e. The molecule has 2 heterocycles. The number of rotatable bonds is 6. The number of aromatic nitrogens is 4. The molecule has 2 aromatic heterocycles. The second kappa shape index (κ2) is 7.23. The van der Waals surface area contributed by atoms with E-state index in [1.807, 2.05) is 42.5 Å². The fourth-order valence-electron chi connectivity index (χ4n) is 2.82. The van der Waals surface area contributed by atoms with Gasteiger partial charge in [-0.05, 0) is 48.9 Å². The van der Waals surface area contributed by atoms with Crippen molar-refractivity contribution < 1.29 is 5.11 Å². The maximum Gasteiger partial charge on any atom is 0.223 e. The van der Waals surface area contributed by atoms with E-state index < -0.39 is 0 Å². The molecule has 3 N–H and O–H groups in total. The van der Waals surface area contributed by atoms with Crippen molar-refractivity contribution in [1.29, 1.82) is 0 Å². The van der Waals surface area contributed by atoms with E-state index in [1.54, 1.807) is 18.3 Å². The molecule has 0 aliphatic carbocycles. The maximum atomic E-state index is 9.39. The summed E-state index contributed by atoms with van der Waals surface area (Å²) in [5.41, 5.74) is 3.83. The molecule has 6 heteroatoms. The number of hydrogen-bond donors (Lipinski definition) is 3. The highest BCUT2D eigenvalue weighted by Gasteiger charge is 2.04. The number of aromatic amines is 1. The van der Waals surface area contributed by atoms with Gasteiger partial charge in [-0.15, -0.1) is 0 Å². The molecule has 0 spiro atoms. The van der Waals surface area contributed by atoms with E-state index in [2.05, 4.69) is 25.3 Å². The van der Waals surface area contributed by atoms with Crippen LogP contribution in [-0.4, -0.2) is 31.6 Å². The zero-order valence-corrected chi connectivity index (χ0v) is 14.2. The van der Waals surface area contributed by atoms with Gasteiger partial charge >= 0.3 is 0 Å². The van der Waals surface area contributed by atoms with Crippen LogP contribution in [0.2, 0.25) is 0 Å². The SMILES string of the molecule is Oc1ccc(-c2ccnc(NCCCc3nc4ccccc4[nH]3)n2)cc1. The van der Waals surface area contributed by atoms with Crippen molar-refractivity contribution in [2.24, 2.45) is 0 Å². The number of hydrogen-bond acceptors (Lipinski definition) is 5. The van der Waals surface area contributed by atoms with Crippen molar-refractivity contribution in [2.45, 2.75) is 12.8 Å². The third-order valence-corrected chi connectivity index (χ3v) is 4.13. The van der Waals surface area contributed by atoms with Crippen LogP contribution in [0.25, 0.3) is 22.3 Å². The summed E-state index contributed by atoms with van der Waals surface area (Å²) in [6.07, 6.45) is 3.52. The van der Waals surface area contributed by atoms with Crippen molar-refractivity contribution in [3.63, 3.8) is 0 Å². The predicted molar refractivity (Wildman–Crippen MR) is 102 cm³/mol. The van der Waals surface area contributed by atoms with E-state index in [0.29, 0.717) is 5.95 Å². The molecule has 0 amide bonds. The number of para-hydroxylation sites is 2. The molecule has 0 saturated carbocycles. The average Bonchev–Trinajstić information content (AvgIpc) is 3.09. The summed E-state index contributed by atoms with van der Waals surface area (Å²) in [5, 5.41) is 12.6. The molecule has 0 bridgehead atoms. The first-order chi connectivity index (χ1) is 12.8. The normalized spacial score (nSPS) is 10.9. The van der Waals surface area contributed by atoms with Crippen molar-refractivity contribution in [3.05, 3.63) is 66.6 Å². The first kappa shape index (κ1) is 16.1. The molecule has 0 aliphatic rings. The van der Waals surface area contributed by atoms with Crippen LogP contribution in [0.1, 0.15) is 12.2 Å². The number of benzene rings is 2. The molecular weight excluding hydrogens is 326 g/mol. The lowest BCUT2D eigenvalue weighted by Crippen LogP contribution is -2.07. The minimum atomic E-state index is 0.242. The molecule has 2 aromatic carbocycles. The maximum absolute atomic E-state index is 9.39. The molecule has 0 fully saturated rings. The first-order valence-electron chi connectivity index (χ1n) is 8.58. The Kier molecular flexibility index (Phi) is 4.47. The molecular formula is C20H19N5O. The summed E-state index contributed by atoms with van der Waals surface area (Å²) in [6, 6.07) is 16.9. The van der Waals surface area contributed by atoms with Crippen molar-refractivity contribution in [3.8, 4) is 17.0 Å². The quantitative estimate of drug-likeness (QED) is 0.463. The number of phenolic OH excluding ortho intramolecular Hbond substituents is 1. The number of nitrogens with one attached hydrogen (secondary N) is 2. The summed E-state index contributed by atoms with van der Waals surface area (Å²) in [6.45, 7) is 0.760. The van der Waals surface area contributed by atoms with Gasteiger partial charge in [0.1, 0.15) is 11.6 Å². The highest BCUT2D eigenvalue weighted by Crippen LogP contribution is 2.20. The number of anilines is 1. The Labute approximate surface area is 151 Å². The Morgan fingerprint density at radius 1 is 0.962 bits per heavy atom. The van der Waals surface area contributed by atoms with Crippen LogP contribution >= 0.6 is 0 Å². The zero-order chi connectivity index (χ0) is 17.8. The number of phenols is 1. The highest BCUT2D eigenvalue weighted by molar-refractivity contribution is 5.74. The Morgan fingerprint density at radius 3 is 2.65 bits per heavy atom. The first-order valence-corrected chi connectivity index (χ1v) is 8.58. The number of nitrogens with zero attached hydrogens (tertiary/aromatic N) is 3. The number of imidazole rings is 1. The van der Waals surface area contributed by atoms with Gasteiger partial charge in [0.15, 0.2) is 0 Å². The zero-order valence-electron chi connectivity index (χ0n) is 14.2. The van der Waals surface area contributed by atoms with E-state index in [4.69, 9.17) is 0 Å². The van der Waals surface area contributed by atoms with Gasteiger partial charge in [0.25, 0.3) is 0 Å². The number of H-pyrrole nitrogens is 1. The van der Waals surface area contributed by atoms with Crippen LogP contribution in [0.15, 0.2) is 60.8 Å². The summed E-state index contributed by atoms with van der Waals surface area (Å²) in [5.74, 6) is 1.83. The van der Waals surface area contributed by atoms with Gasteiger partial charge in [-0.1, -0.05) is 12.1 Å². The molecule has 130 valence electrons. The lowest BCUT2D eigenvalue weighted by Gasteiger charge is -2.06. The van der Waals surface area contributed by atoms with Crippen LogP contribution in [0.5, 0.6) is 5.75 Å². The van der Waals surface area contributed by atoms with Gasteiger partial charge in [0.05, 0.1) is 16.7 Å². The molecule has 0 radical (unpaired) electrons. The molecule has 6 nitrogen and oxygen atoms in total. The van der Waals surface area contributed by atoms with Gasteiger partial charge in [-0.25, -0.2) is 15.0 Å². The van der Waals surface area contributed by atoms with Crippen LogP contribution in [-0.2, 0) is 6.42 Å². The standard InChI is InChI=1S/C20H19N5O/c26-15-9-7-14(8-10-15)16-11-13-22-20(25-16)21-12-3-6-19-23-17-4-1-2-5-18(17)24-19/h1-2,4-5,7-11,13,26H,3,6,12H2,(H,23,24)(H,21,22,25). The van der Waals surface area contributed by atoms with E-state index in [-0.39, 0.29) is 5.75 Å². The van der Waals surface area contributed by atoms with Gasteiger partial charge < -0.3 is 15.4 Å². The lowest BCUT2D eigenvalue weighted by atomic mass is 10.1. The molecule has 0 saturated heterocycles. The number of aryl methyl sites for hydroxylation is 1. The second-order valence-corrected chi connectivity index (χ2v) is 6.04. The molecule has 26 heavy (non-hydrogen) atoms. The van der Waals surface area contributed by atoms with Gasteiger partial charge in [0, 0.05) is 24.7 Å². The van der Waals surface area contributed by atoms with E-state index in [9.17, 15) is 5.11 Å². The molecule has 0 aliphatic heterocycles. The van der Waals surface area contributed by atoms with E-state index in [0.717, 1.165) is 47.5 Å². The van der Waals surface area contributed by atoms with Crippen molar-refractivity contribution in [1.82, 2.24) is 19.9 Å². The van der Waals surface area contributed by atoms with Crippen LogP contribution < -0.4 is 5.32 Å². The van der Waals surface area contributed by atoms with Gasteiger partial charge in [0.2, 0.25) is 5.95 Å². The van der Waals surface area contributed by atoms with Gasteiger partial charge in [-0.2, -0.15) is 0 Å². The minimum absolute atomic E-state index is 0.242. The summed E-state index contributed by atoms with van der Waals surface area (Å²) < 4.78 is 0.